The Bertz CT molecular complexity index is 725. The number of nitrogens with zero attached hydrogens (tertiary/aromatic N) is 2. The van der Waals surface area contributed by atoms with Gasteiger partial charge in [0.25, 0.3) is 5.91 Å². The highest BCUT2D eigenvalue weighted by atomic mass is 16.2. The molecule has 1 aliphatic rings. The molecule has 0 radical (unpaired) electrons. The third-order valence-corrected chi connectivity index (χ3v) is 4.35. The molecule has 2 aromatic rings. The van der Waals surface area contributed by atoms with E-state index in [-0.39, 0.29) is 18.4 Å². The Morgan fingerprint density at radius 3 is 2.29 bits per heavy atom. The van der Waals surface area contributed by atoms with Gasteiger partial charge in [-0.1, -0.05) is 55.0 Å². The number of amides is 2. The molecule has 0 N–H and O–H groups in total. The minimum absolute atomic E-state index is 0.00845. The van der Waals surface area contributed by atoms with Crippen LogP contribution in [-0.2, 0) is 9.59 Å². The van der Waals surface area contributed by atoms with Crippen molar-refractivity contribution >= 4 is 17.5 Å². The number of carbonyl (C=O) groups is 2. The minimum atomic E-state index is -0.547. The van der Waals surface area contributed by atoms with E-state index in [9.17, 15) is 9.59 Å². The Balaban J connectivity index is 1.99. The fourth-order valence-corrected chi connectivity index (χ4v) is 3.12. The zero-order valence-electron chi connectivity index (χ0n) is 14.1. The maximum Gasteiger partial charge on any atom is 0.254 e. The van der Waals surface area contributed by atoms with E-state index in [0.29, 0.717) is 6.54 Å². The molecule has 1 aliphatic heterocycles. The molecule has 1 atom stereocenters. The summed E-state index contributed by atoms with van der Waals surface area (Å²) in [5.74, 6) is -0.0519. The molecule has 0 saturated carbocycles. The molecule has 3 rings (SSSR count). The van der Waals surface area contributed by atoms with Gasteiger partial charge in [-0.05, 0) is 31.0 Å². The zero-order chi connectivity index (χ0) is 17.1. The first-order valence-corrected chi connectivity index (χ1v) is 8.34. The van der Waals surface area contributed by atoms with Crippen molar-refractivity contribution in [3.05, 3.63) is 65.7 Å². The maximum absolute atomic E-state index is 13.2. The van der Waals surface area contributed by atoms with Crippen molar-refractivity contribution in [2.75, 3.05) is 18.0 Å². The highest BCUT2D eigenvalue weighted by Crippen LogP contribution is 2.30. The van der Waals surface area contributed by atoms with Crippen molar-refractivity contribution in [1.82, 2.24) is 4.90 Å². The molecule has 124 valence electrons. The molecule has 4 nitrogen and oxygen atoms in total. The lowest BCUT2D eigenvalue weighted by molar-refractivity contribution is -0.143. The summed E-state index contributed by atoms with van der Waals surface area (Å²) in [6.07, 6.45) is 0.826. The predicted octanol–water partition coefficient (Wildman–Crippen LogP) is 3.32. The lowest BCUT2D eigenvalue weighted by Crippen LogP contribution is -2.55. The van der Waals surface area contributed by atoms with Crippen LogP contribution in [0.2, 0.25) is 0 Å². The number of rotatable bonds is 4. The van der Waals surface area contributed by atoms with E-state index in [1.54, 1.807) is 9.80 Å². The van der Waals surface area contributed by atoms with Crippen molar-refractivity contribution in [1.29, 1.82) is 0 Å². The summed E-state index contributed by atoms with van der Waals surface area (Å²) in [6, 6.07) is 16.7. The molecule has 24 heavy (non-hydrogen) atoms. The molecule has 0 bridgehead atoms. The molecule has 1 heterocycles. The third-order valence-electron chi connectivity index (χ3n) is 4.35. The smallest absolute Gasteiger partial charge is 0.254 e. The molecule has 2 aromatic carbocycles. The first-order chi connectivity index (χ1) is 11.6. The van der Waals surface area contributed by atoms with Gasteiger partial charge in [0, 0.05) is 12.2 Å². The molecule has 1 saturated heterocycles. The van der Waals surface area contributed by atoms with Gasteiger partial charge < -0.3 is 9.80 Å². The van der Waals surface area contributed by atoms with Crippen LogP contribution in [0.3, 0.4) is 0 Å². The van der Waals surface area contributed by atoms with Gasteiger partial charge in [0.1, 0.15) is 12.6 Å². The summed E-state index contributed by atoms with van der Waals surface area (Å²) in [5.41, 5.74) is 2.76. The van der Waals surface area contributed by atoms with E-state index < -0.39 is 6.04 Å². The van der Waals surface area contributed by atoms with Gasteiger partial charge in [-0.25, -0.2) is 0 Å². The summed E-state index contributed by atoms with van der Waals surface area (Å²) in [4.78, 5) is 29.2. The number of piperazine rings is 1. The van der Waals surface area contributed by atoms with Crippen LogP contribution < -0.4 is 4.90 Å². The first kappa shape index (κ1) is 16.2. The van der Waals surface area contributed by atoms with Gasteiger partial charge in [-0.3, -0.25) is 9.59 Å². The normalized spacial score (nSPS) is 18.2. The average molecular weight is 322 g/mol. The van der Waals surface area contributed by atoms with Crippen molar-refractivity contribution in [2.24, 2.45) is 0 Å². The number of hydrogen-bond acceptors (Lipinski definition) is 2. The lowest BCUT2D eigenvalue weighted by Gasteiger charge is -2.40. The highest BCUT2D eigenvalue weighted by Gasteiger charge is 2.40. The van der Waals surface area contributed by atoms with Crippen LogP contribution in [0.25, 0.3) is 0 Å². The topological polar surface area (TPSA) is 40.6 Å². The largest absolute Gasteiger partial charge is 0.325 e. The zero-order valence-corrected chi connectivity index (χ0v) is 14.1. The number of hydrogen-bond donors (Lipinski definition) is 0. The van der Waals surface area contributed by atoms with E-state index in [2.05, 4.69) is 0 Å². The molecule has 0 aliphatic carbocycles. The van der Waals surface area contributed by atoms with E-state index in [1.807, 2.05) is 68.4 Å². The van der Waals surface area contributed by atoms with E-state index in [0.717, 1.165) is 23.2 Å². The van der Waals surface area contributed by atoms with Crippen LogP contribution in [0.5, 0.6) is 0 Å². The molecule has 4 heteroatoms. The van der Waals surface area contributed by atoms with Crippen molar-refractivity contribution in [3.63, 3.8) is 0 Å². The SMILES string of the molecule is CCCN1C(=O)CN(c2ccc(C)cc2)C(=O)[C@H]1c1ccccc1. The van der Waals surface area contributed by atoms with Gasteiger partial charge in [0.2, 0.25) is 5.91 Å². The molecular weight excluding hydrogens is 300 g/mol. The summed E-state index contributed by atoms with van der Waals surface area (Å²) in [5, 5.41) is 0. The average Bonchev–Trinajstić information content (AvgIpc) is 2.60. The Morgan fingerprint density at radius 1 is 1.00 bits per heavy atom. The summed E-state index contributed by atoms with van der Waals surface area (Å²) < 4.78 is 0. The van der Waals surface area contributed by atoms with Crippen LogP contribution in [-0.4, -0.2) is 29.8 Å². The molecule has 0 spiro atoms. The van der Waals surface area contributed by atoms with Crippen molar-refractivity contribution in [2.45, 2.75) is 26.3 Å². The number of anilines is 1. The third kappa shape index (κ3) is 3.04. The fourth-order valence-electron chi connectivity index (χ4n) is 3.12. The number of aryl methyl sites for hydroxylation is 1. The first-order valence-electron chi connectivity index (χ1n) is 8.34. The summed E-state index contributed by atoms with van der Waals surface area (Å²) in [7, 11) is 0. The van der Waals surface area contributed by atoms with E-state index in [4.69, 9.17) is 0 Å². The Morgan fingerprint density at radius 2 is 1.67 bits per heavy atom. The van der Waals surface area contributed by atoms with E-state index >= 15 is 0 Å². The van der Waals surface area contributed by atoms with Gasteiger partial charge >= 0.3 is 0 Å². The van der Waals surface area contributed by atoms with Crippen LogP contribution in [0, 0.1) is 6.92 Å². The summed E-state index contributed by atoms with van der Waals surface area (Å²) >= 11 is 0. The number of carbonyl (C=O) groups excluding carboxylic acids is 2. The van der Waals surface area contributed by atoms with Gasteiger partial charge in [-0.2, -0.15) is 0 Å². The Labute approximate surface area is 142 Å². The van der Waals surface area contributed by atoms with Crippen LogP contribution in [0.4, 0.5) is 5.69 Å². The van der Waals surface area contributed by atoms with Gasteiger partial charge in [0.05, 0.1) is 0 Å². The second-order valence-corrected chi connectivity index (χ2v) is 6.16. The van der Waals surface area contributed by atoms with E-state index in [1.165, 1.54) is 0 Å². The Kier molecular flexibility index (Phi) is 4.65. The summed E-state index contributed by atoms with van der Waals surface area (Å²) in [6.45, 7) is 4.71. The maximum atomic E-state index is 13.2. The minimum Gasteiger partial charge on any atom is -0.325 e. The standard InChI is InChI=1S/C20H22N2O2/c1-3-13-21-18(23)14-22(17-11-9-15(2)10-12-17)20(24)19(21)16-7-5-4-6-8-16/h4-12,19H,3,13-14H2,1-2H3/t19-/m1/s1. The van der Waals surface area contributed by atoms with Gasteiger partial charge in [0.15, 0.2) is 0 Å². The lowest BCUT2D eigenvalue weighted by atomic mass is 10.00. The fraction of sp³-hybridized carbons (Fsp3) is 0.300. The van der Waals surface area contributed by atoms with Crippen LogP contribution >= 0.6 is 0 Å². The van der Waals surface area contributed by atoms with Crippen molar-refractivity contribution < 1.29 is 9.59 Å². The monoisotopic (exact) mass is 322 g/mol. The van der Waals surface area contributed by atoms with Crippen LogP contribution in [0.15, 0.2) is 54.6 Å². The predicted molar refractivity (Wildman–Crippen MR) is 94.7 cm³/mol. The molecule has 0 aromatic heterocycles. The van der Waals surface area contributed by atoms with Crippen LogP contribution in [0.1, 0.15) is 30.5 Å². The molecule has 2 amide bonds. The highest BCUT2D eigenvalue weighted by molar-refractivity contribution is 6.06. The number of benzene rings is 2. The molecular formula is C20H22N2O2. The van der Waals surface area contributed by atoms with Gasteiger partial charge in [-0.15, -0.1) is 0 Å². The van der Waals surface area contributed by atoms with Crippen molar-refractivity contribution in [3.8, 4) is 0 Å². The second kappa shape index (κ2) is 6.87. The second-order valence-electron chi connectivity index (χ2n) is 6.16. The Hall–Kier alpha value is -2.62. The quantitative estimate of drug-likeness (QED) is 0.866. The molecule has 0 unspecified atom stereocenters. The molecule has 1 fully saturated rings.